The van der Waals surface area contributed by atoms with Gasteiger partial charge >= 0.3 is 0 Å². The summed E-state index contributed by atoms with van der Waals surface area (Å²) >= 11 is 11.9. The third kappa shape index (κ3) is 5.13. The molecule has 3 nitrogen and oxygen atoms in total. The van der Waals surface area contributed by atoms with Gasteiger partial charge in [-0.3, -0.25) is 0 Å². The molecule has 1 aromatic carbocycles. The van der Waals surface area contributed by atoms with Crippen molar-refractivity contribution in [2.24, 2.45) is 0 Å². The Balaban J connectivity index is 1.71. The molecule has 2 N–H and O–H groups in total. The van der Waals surface area contributed by atoms with Crippen molar-refractivity contribution in [2.75, 3.05) is 13.2 Å². The predicted molar refractivity (Wildman–Crippen MR) is 82.8 cm³/mol. The van der Waals surface area contributed by atoms with E-state index in [9.17, 15) is 5.11 Å². The Hall–Kier alpha value is -0.480. The first-order chi connectivity index (χ1) is 9.65. The van der Waals surface area contributed by atoms with E-state index in [1.807, 2.05) is 0 Å². The molecule has 112 valence electrons. The quantitative estimate of drug-likeness (QED) is 0.841. The zero-order valence-corrected chi connectivity index (χ0v) is 13.0. The van der Waals surface area contributed by atoms with Crippen LogP contribution in [0.1, 0.15) is 32.1 Å². The number of hydrogen-bond donors (Lipinski definition) is 2. The molecule has 0 bridgehead atoms. The third-order valence-electron chi connectivity index (χ3n) is 3.57. The molecule has 1 aliphatic rings. The average Bonchev–Trinajstić information content (AvgIpc) is 2.47. The molecule has 0 radical (unpaired) electrons. The summed E-state index contributed by atoms with van der Waals surface area (Å²) in [5.74, 6) is 0.510. The monoisotopic (exact) mass is 317 g/mol. The minimum absolute atomic E-state index is 0.208. The van der Waals surface area contributed by atoms with Crippen LogP contribution < -0.4 is 10.1 Å². The van der Waals surface area contributed by atoms with Gasteiger partial charge in [0.2, 0.25) is 0 Å². The molecule has 5 heteroatoms. The molecule has 1 fully saturated rings. The van der Waals surface area contributed by atoms with Gasteiger partial charge in [0.1, 0.15) is 18.5 Å². The standard InChI is InChI=1S/C15H21Cl2NO2/c16-11-6-7-14(17)15(8-11)20-10-13(19)9-18-12-4-2-1-3-5-12/h6-8,12-13,18-19H,1-5,9-10H2. The minimum atomic E-state index is -0.549. The van der Waals surface area contributed by atoms with Gasteiger partial charge in [-0.2, -0.15) is 0 Å². The van der Waals surface area contributed by atoms with Crippen molar-refractivity contribution in [1.82, 2.24) is 5.32 Å². The molecular formula is C15H21Cl2NO2. The summed E-state index contributed by atoms with van der Waals surface area (Å²) in [7, 11) is 0. The highest BCUT2D eigenvalue weighted by molar-refractivity contribution is 6.34. The summed E-state index contributed by atoms with van der Waals surface area (Å²) < 4.78 is 5.51. The Labute approximate surface area is 130 Å². The number of aliphatic hydroxyl groups excluding tert-OH is 1. The maximum Gasteiger partial charge on any atom is 0.139 e. The molecule has 1 aliphatic carbocycles. The topological polar surface area (TPSA) is 41.5 Å². The van der Waals surface area contributed by atoms with E-state index in [1.165, 1.54) is 32.1 Å². The second kappa shape index (κ2) is 8.08. The number of rotatable bonds is 6. The molecule has 0 aliphatic heterocycles. The molecule has 1 saturated carbocycles. The lowest BCUT2D eigenvalue weighted by molar-refractivity contribution is 0.102. The molecule has 0 saturated heterocycles. The van der Waals surface area contributed by atoms with Crippen molar-refractivity contribution in [3.63, 3.8) is 0 Å². The van der Waals surface area contributed by atoms with Crippen LogP contribution in [0, 0.1) is 0 Å². The van der Waals surface area contributed by atoms with Crippen molar-refractivity contribution < 1.29 is 9.84 Å². The summed E-state index contributed by atoms with van der Waals surface area (Å²) in [5.41, 5.74) is 0. The molecule has 1 atom stereocenters. The van der Waals surface area contributed by atoms with Crippen molar-refractivity contribution >= 4 is 23.2 Å². The Morgan fingerprint density at radius 1 is 1.25 bits per heavy atom. The van der Waals surface area contributed by atoms with Crippen LogP contribution in [0.2, 0.25) is 10.0 Å². The van der Waals surface area contributed by atoms with E-state index in [1.54, 1.807) is 18.2 Å². The highest BCUT2D eigenvalue weighted by Gasteiger charge is 2.15. The van der Waals surface area contributed by atoms with Gasteiger partial charge in [0.05, 0.1) is 5.02 Å². The number of halogens is 2. The second-order valence-corrected chi connectivity index (χ2v) is 6.13. The molecule has 2 rings (SSSR count). The lowest BCUT2D eigenvalue weighted by atomic mass is 9.95. The molecular weight excluding hydrogens is 297 g/mol. The Kier molecular flexibility index (Phi) is 6.43. The highest BCUT2D eigenvalue weighted by atomic mass is 35.5. The fourth-order valence-corrected chi connectivity index (χ4v) is 2.78. The second-order valence-electron chi connectivity index (χ2n) is 5.28. The summed E-state index contributed by atoms with van der Waals surface area (Å²) in [5, 5.41) is 14.4. The van der Waals surface area contributed by atoms with E-state index in [-0.39, 0.29) is 6.61 Å². The van der Waals surface area contributed by atoms with Crippen LogP contribution in [0.3, 0.4) is 0 Å². The van der Waals surface area contributed by atoms with Gasteiger partial charge < -0.3 is 15.2 Å². The Bertz CT molecular complexity index is 422. The van der Waals surface area contributed by atoms with Crippen molar-refractivity contribution in [3.05, 3.63) is 28.2 Å². The fraction of sp³-hybridized carbons (Fsp3) is 0.600. The molecule has 20 heavy (non-hydrogen) atoms. The lowest BCUT2D eigenvalue weighted by Gasteiger charge is -2.24. The molecule has 0 amide bonds. The maximum absolute atomic E-state index is 9.94. The molecule has 1 unspecified atom stereocenters. The number of ether oxygens (including phenoxy) is 1. The minimum Gasteiger partial charge on any atom is -0.489 e. The van der Waals surface area contributed by atoms with Gasteiger partial charge in [-0.05, 0) is 25.0 Å². The van der Waals surface area contributed by atoms with E-state index >= 15 is 0 Å². The van der Waals surface area contributed by atoms with Crippen molar-refractivity contribution in [3.8, 4) is 5.75 Å². The van der Waals surface area contributed by atoms with Gasteiger partial charge in [-0.25, -0.2) is 0 Å². The van der Waals surface area contributed by atoms with Crippen LogP contribution in [-0.2, 0) is 0 Å². The highest BCUT2D eigenvalue weighted by Crippen LogP contribution is 2.27. The summed E-state index contributed by atoms with van der Waals surface area (Å²) in [4.78, 5) is 0. The van der Waals surface area contributed by atoms with E-state index in [0.29, 0.717) is 28.4 Å². The van der Waals surface area contributed by atoms with Crippen LogP contribution in [0.5, 0.6) is 5.75 Å². The van der Waals surface area contributed by atoms with Crippen molar-refractivity contribution in [1.29, 1.82) is 0 Å². The summed E-state index contributed by atoms with van der Waals surface area (Å²) in [6.45, 7) is 0.753. The largest absolute Gasteiger partial charge is 0.489 e. The lowest BCUT2D eigenvalue weighted by Crippen LogP contribution is -2.38. The number of hydrogen-bond acceptors (Lipinski definition) is 3. The van der Waals surface area contributed by atoms with Crippen LogP contribution in [0.4, 0.5) is 0 Å². The van der Waals surface area contributed by atoms with Gasteiger partial charge in [-0.15, -0.1) is 0 Å². The summed E-state index contributed by atoms with van der Waals surface area (Å²) in [6.07, 6.45) is 5.75. The zero-order chi connectivity index (χ0) is 14.4. The first-order valence-corrected chi connectivity index (χ1v) is 7.90. The molecule has 0 aromatic heterocycles. The average molecular weight is 318 g/mol. The van der Waals surface area contributed by atoms with E-state index in [2.05, 4.69) is 5.32 Å². The SMILES string of the molecule is OC(CNC1CCCCC1)COc1cc(Cl)ccc1Cl. The van der Waals surface area contributed by atoms with E-state index in [4.69, 9.17) is 27.9 Å². The van der Waals surface area contributed by atoms with Crippen LogP contribution >= 0.6 is 23.2 Å². The third-order valence-corrected chi connectivity index (χ3v) is 4.12. The van der Waals surface area contributed by atoms with Gasteiger partial charge in [0.25, 0.3) is 0 Å². The Morgan fingerprint density at radius 2 is 2.00 bits per heavy atom. The summed E-state index contributed by atoms with van der Waals surface area (Å²) in [6, 6.07) is 5.59. The maximum atomic E-state index is 9.94. The first-order valence-electron chi connectivity index (χ1n) is 7.14. The fourth-order valence-electron chi connectivity index (χ4n) is 2.44. The predicted octanol–water partition coefficient (Wildman–Crippen LogP) is 3.66. The zero-order valence-electron chi connectivity index (χ0n) is 11.4. The first kappa shape index (κ1) is 15.9. The number of benzene rings is 1. The van der Waals surface area contributed by atoms with E-state index < -0.39 is 6.10 Å². The van der Waals surface area contributed by atoms with Gasteiger partial charge in [-0.1, -0.05) is 42.5 Å². The number of nitrogens with one attached hydrogen (secondary N) is 1. The van der Waals surface area contributed by atoms with Crippen LogP contribution in [0.25, 0.3) is 0 Å². The molecule has 1 aromatic rings. The van der Waals surface area contributed by atoms with Crippen LogP contribution in [-0.4, -0.2) is 30.4 Å². The van der Waals surface area contributed by atoms with E-state index in [0.717, 1.165) is 0 Å². The van der Waals surface area contributed by atoms with Gasteiger partial charge in [0, 0.05) is 23.7 Å². The normalized spacial score (nSPS) is 17.9. The van der Waals surface area contributed by atoms with Crippen molar-refractivity contribution in [2.45, 2.75) is 44.2 Å². The Morgan fingerprint density at radius 3 is 2.75 bits per heavy atom. The smallest absolute Gasteiger partial charge is 0.139 e. The number of aliphatic hydroxyl groups is 1. The molecule has 0 heterocycles. The molecule has 0 spiro atoms. The van der Waals surface area contributed by atoms with Crippen LogP contribution in [0.15, 0.2) is 18.2 Å². The van der Waals surface area contributed by atoms with Gasteiger partial charge in [0.15, 0.2) is 0 Å².